The van der Waals surface area contributed by atoms with Crippen molar-refractivity contribution in [2.45, 2.75) is 39.0 Å². The van der Waals surface area contributed by atoms with Gasteiger partial charge in [-0.25, -0.2) is 4.39 Å². The lowest BCUT2D eigenvalue weighted by molar-refractivity contribution is -0.138. The van der Waals surface area contributed by atoms with Gasteiger partial charge in [0.2, 0.25) is 0 Å². The number of halogens is 4. The van der Waals surface area contributed by atoms with Crippen LogP contribution in [0.1, 0.15) is 31.4 Å². The van der Waals surface area contributed by atoms with Crippen LogP contribution in [0.5, 0.6) is 0 Å². The molecule has 0 saturated carbocycles. The highest BCUT2D eigenvalue weighted by Gasteiger charge is 2.36. The minimum absolute atomic E-state index is 0.0454. The molecule has 1 heterocycles. The van der Waals surface area contributed by atoms with Crippen LogP contribution < -0.4 is 5.73 Å². The highest BCUT2D eigenvalue weighted by atomic mass is 19.4. The normalized spacial score (nSPS) is 23.3. The second kappa shape index (κ2) is 5.57. The third kappa shape index (κ3) is 3.74. The topological polar surface area (TPSA) is 29.3 Å². The summed E-state index contributed by atoms with van der Waals surface area (Å²) in [5.74, 6) is -0.868. The van der Waals surface area contributed by atoms with Crippen LogP contribution in [0.15, 0.2) is 18.2 Å². The van der Waals surface area contributed by atoms with Crippen LogP contribution in [0.2, 0.25) is 0 Å². The molecule has 1 aliphatic heterocycles. The van der Waals surface area contributed by atoms with Crippen molar-refractivity contribution in [3.63, 3.8) is 0 Å². The van der Waals surface area contributed by atoms with Crippen LogP contribution in [0, 0.1) is 11.2 Å². The fourth-order valence-electron chi connectivity index (χ4n) is 2.81. The number of nitrogens with two attached hydrogens (primary N) is 1. The van der Waals surface area contributed by atoms with Crippen molar-refractivity contribution in [3.05, 3.63) is 35.1 Å². The van der Waals surface area contributed by atoms with Gasteiger partial charge in [-0.3, -0.25) is 4.90 Å². The van der Waals surface area contributed by atoms with E-state index in [0.29, 0.717) is 19.2 Å². The third-order valence-corrected chi connectivity index (χ3v) is 4.16. The zero-order valence-corrected chi connectivity index (χ0v) is 12.2. The molecule has 2 N–H and O–H groups in total. The van der Waals surface area contributed by atoms with E-state index < -0.39 is 17.6 Å². The Balaban J connectivity index is 2.21. The lowest BCUT2D eigenvalue weighted by atomic mass is 9.79. The number of rotatable bonds is 2. The Morgan fingerprint density at radius 3 is 2.57 bits per heavy atom. The molecule has 1 saturated heterocycles. The van der Waals surface area contributed by atoms with Crippen LogP contribution in [0.3, 0.4) is 0 Å². The van der Waals surface area contributed by atoms with Gasteiger partial charge in [-0.05, 0) is 29.5 Å². The molecule has 2 rings (SSSR count). The van der Waals surface area contributed by atoms with Gasteiger partial charge >= 0.3 is 6.18 Å². The molecule has 0 aromatic heterocycles. The quantitative estimate of drug-likeness (QED) is 0.849. The van der Waals surface area contributed by atoms with Gasteiger partial charge in [0.1, 0.15) is 5.82 Å². The van der Waals surface area contributed by atoms with Crippen molar-refractivity contribution in [2.24, 2.45) is 11.1 Å². The van der Waals surface area contributed by atoms with E-state index in [9.17, 15) is 17.6 Å². The first kappa shape index (κ1) is 16.2. The summed E-state index contributed by atoms with van der Waals surface area (Å²) in [5, 5.41) is 0. The fourth-order valence-corrected chi connectivity index (χ4v) is 2.81. The van der Waals surface area contributed by atoms with E-state index >= 15 is 0 Å². The second-order valence-electron chi connectivity index (χ2n) is 6.39. The van der Waals surface area contributed by atoms with Crippen molar-refractivity contribution in [1.82, 2.24) is 4.90 Å². The average Bonchev–Trinajstić information content (AvgIpc) is 2.34. The lowest BCUT2D eigenvalue weighted by Gasteiger charge is -2.42. The Labute approximate surface area is 121 Å². The SMILES string of the molecule is CC1(C)CN(Cc2ccc(F)cc2C(F)(F)F)CCC1N. The number of hydrogen-bond acceptors (Lipinski definition) is 2. The molecule has 0 spiro atoms. The van der Waals surface area contributed by atoms with Crippen molar-refractivity contribution >= 4 is 0 Å². The summed E-state index contributed by atoms with van der Waals surface area (Å²) in [5.41, 5.74) is 5.10. The largest absolute Gasteiger partial charge is 0.416 e. The van der Waals surface area contributed by atoms with E-state index in [2.05, 4.69) is 0 Å². The number of likely N-dealkylation sites (tertiary alicyclic amines) is 1. The molecule has 21 heavy (non-hydrogen) atoms. The Hall–Kier alpha value is -1.14. The maximum Gasteiger partial charge on any atom is 0.416 e. The predicted molar refractivity (Wildman–Crippen MR) is 73.1 cm³/mol. The van der Waals surface area contributed by atoms with Crippen LogP contribution in [-0.2, 0) is 12.7 Å². The Bertz CT molecular complexity index is 511. The average molecular weight is 304 g/mol. The Morgan fingerprint density at radius 2 is 2.00 bits per heavy atom. The first-order valence-electron chi connectivity index (χ1n) is 6.93. The molecule has 1 unspecified atom stereocenters. The summed E-state index contributed by atoms with van der Waals surface area (Å²) in [6.45, 7) is 5.46. The number of hydrogen-bond donors (Lipinski definition) is 1. The second-order valence-corrected chi connectivity index (χ2v) is 6.39. The van der Waals surface area contributed by atoms with Gasteiger partial charge in [-0.15, -0.1) is 0 Å². The number of piperidine rings is 1. The monoisotopic (exact) mass is 304 g/mol. The molecule has 0 bridgehead atoms. The highest BCUT2D eigenvalue weighted by Crippen LogP contribution is 2.34. The van der Waals surface area contributed by atoms with Crippen LogP contribution >= 0.6 is 0 Å². The summed E-state index contributed by atoms with van der Waals surface area (Å²) >= 11 is 0. The molecule has 6 heteroatoms. The van der Waals surface area contributed by atoms with E-state index in [1.54, 1.807) is 0 Å². The van der Waals surface area contributed by atoms with Gasteiger partial charge in [0.25, 0.3) is 0 Å². The minimum Gasteiger partial charge on any atom is -0.327 e. The number of nitrogens with zero attached hydrogens (tertiary/aromatic N) is 1. The van der Waals surface area contributed by atoms with E-state index in [0.717, 1.165) is 12.5 Å². The molecule has 2 nitrogen and oxygen atoms in total. The summed E-state index contributed by atoms with van der Waals surface area (Å²) in [7, 11) is 0. The van der Waals surface area contributed by atoms with Gasteiger partial charge in [0, 0.05) is 25.7 Å². The molecule has 1 aromatic carbocycles. The zero-order chi connectivity index (χ0) is 15.8. The van der Waals surface area contributed by atoms with Gasteiger partial charge in [-0.1, -0.05) is 19.9 Å². The Kier molecular flexibility index (Phi) is 4.31. The van der Waals surface area contributed by atoms with E-state index in [-0.39, 0.29) is 23.6 Å². The maximum absolute atomic E-state index is 13.1. The van der Waals surface area contributed by atoms with Crippen molar-refractivity contribution < 1.29 is 17.6 Å². The molecular formula is C15H20F4N2. The van der Waals surface area contributed by atoms with E-state index in [1.165, 1.54) is 6.07 Å². The van der Waals surface area contributed by atoms with E-state index in [4.69, 9.17) is 5.73 Å². The maximum atomic E-state index is 13.1. The van der Waals surface area contributed by atoms with Crippen molar-refractivity contribution in [3.8, 4) is 0 Å². The first-order valence-corrected chi connectivity index (χ1v) is 6.93. The fraction of sp³-hybridized carbons (Fsp3) is 0.600. The number of benzene rings is 1. The minimum atomic E-state index is -4.54. The van der Waals surface area contributed by atoms with Gasteiger partial charge in [0.15, 0.2) is 0 Å². The van der Waals surface area contributed by atoms with Gasteiger partial charge in [0.05, 0.1) is 5.56 Å². The number of alkyl halides is 3. The van der Waals surface area contributed by atoms with Crippen molar-refractivity contribution in [1.29, 1.82) is 0 Å². The van der Waals surface area contributed by atoms with Crippen LogP contribution in [0.25, 0.3) is 0 Å². The standard InChI is InChI=1S/C15H20F4N2/c1-14(2)9-21(6-5-13(14)20)8-10-3-4-11(16)7-12(10)15(17,18)19/h3-4,7,13H,5-6,8-9,20H2,1-2H3. The molecule has 1 atom stereocenters. The molecule has 0 amide bonds. The van der Waals surface area contributed by atoms with E-state index in [1.807, 2.05) is 18.7 Å². The summed E-state index contributed by atoms with van der Waals surface area (Å²) in [6, 6.07) is 2.91. The summed E-state index contributed by atoms with van der Waals surface area (Å²) in [4.78, 5) is 1.95. The first-order chi connectivity index (χ1) is 9.59. The summed E-state index contributed by atoms with van der Waals surface area (Å²) in [6.07, 6.45) is -3.80. The molecule has 1 aromatic rings. The third-order valence-electron chi connectivity index (χ3n) is 4.16. The lowest BCUT2D eigenvalue weighted by Crippen LogP contribution is -2.52. The molecule has 1 fully saturated rings. The predicted octanol–water partition coefficient (Wildman–Crippen LogP) is 3.40. The molecule has 0 radical (unpaired) electrons. The van der Waals surface area contributed by atoms with Crippen molar-refractivity contribution in [2.75, 3.05) is 13.1 Å². The van der Waals surface area contributed by atoms with Gasteiger partial charge < -0.3 is 5.73 Å². The molecule has 118 valence electrons. The highest BCUT2D eigenvalue weighted by molar-refractivity contribution is 5.30. The Morgan fingerprint density at radius 1 is 1.33 bits per heavy atom. The molecule has 1 aliphatic rings. The van der Waals surface area contributed by atoms with Crippen LogP contribution in [-0.4, -0.2) is 24.0 Å². The molecular weight excluding hydrogens is 284 g/mol. The van der Waals surface area contributed by atoms with Gasteiger partial charge in [-0.2, -0.15) is 13.2 Å². The molecule has 0 aliphatic carbocycles. The van der Waals surface area contributed by atoms with Crippen LogP contribution in [0.4, 0.5) is 17.6 Å². The summed E-state index contributed by atoms with van der Waals surface area (Å²) < 4.78 is 52.1. The zero-order valence-electron chi connectivity index (χ0n) is 12.2. The smallest absolute Gasteiger partial charge is 0.327 e.